The fourth-order valence-corrected chi connectivity index (χ4v) is 29.2. The van der Waals surface area contributed by atoms with E-state index in [0.717, 1.165) is 0 Å². The molecule has 0 spiro atoms. The van der Waals surface area contributed by atoms with Crippen molar-refractivity contribution in [3.05, 3.63) is 279 Å². The Hall–Kier alpha value is -11.2. The number of rotatable bonds is 0. The summed E-state index contributed by atoms with van der Waals surface area (Å²) < 4.78 is 0. The number of aryl methyl sites for hydroxylation is 24. The lowest BCUT2D eigenvalue weighted by molar-refractivity contribution is 1.22. The second-order valence-corrected chi connectivity index (χ2v) is 44.4. The van der Waals surface area contributed by atoms with Gasteiger partial charge in [-0.05, 0) is 809 Å². The van der Waals surface area contributed by atoms with Gasteiger partial charge in [-0.25, -0.2) is 0 Å². The molecule has 0 aromatic heterocycles. The molecule has 0 heterocycles. The summed E-state index contributed by atoms with van der Waals surface area (Å²) in [6.45, 7) is 115. The zero-order valence-corrected chi connectivity index (χ0v) is 92.1. The topological polar surface area (TPSA) is 0 Å². The van der Waals surface area contributed by atoms with Gasteiger partial charge < -0.3 is 0 Å². The van der Waals surface area contributed by atoms with Crippen molar-refractivity contribution in [1.82, 2.24) is 0 Å². The van der Waals surface area contributed by atoms with E-state index in [1.54, 1.807) is 0 Å². The quantitative estimate of drug-likeness (QED) is 0.105. The van der Waals surface area contributed by atoms with Crippen LogP contribution in [-0.4, -0.2) is 0 Å². The van der Waals surface area contributed by atoms with E-state index in [1.165, 1.54) is 469 Å². The first-order chi connectivity index (χ1) is 63.1. The molecule has 0 atom stereocenters. The van der Waals surface area contributed by atoms with Crippen LogP contribution in [0.25, 0.3) is 197 Å². The molecule has 0 N–H and O–H groups in total. The molecule has 0 fully saturated rings. The highest BCUT2D eigenvalue weighted by Crippen LogP contribution is 2.65. The Labute approximate surface area is 809 Å². The summed E-state index contributed by atoms with van der Waals surface area (Å²) in [5, 5.41) is 29.7. The van der Waals surface area contributed by atoms with Crippen molar-refractivity contribution < 1.29 is 0 Å². The number of hydrogen-bond acceptors (Lipinski definition) is 0. The molecule has 0 radical (unpaired) electrons. The Bertz CT molecular complexity index is 8620. The van der Waals surface area contributed by atoms with Crippen molar-refractivity contribution in [2.75, 3.05) is 0 Å². The molecule has 18 aromatic carbocycles. The maximum atomic E-state index is 2.47. The van der Waals surface area contributed by atoms with E-state index in [4.69, 9.17) is 0 Å². The van der Waals surface area contributed by atoms with Crippen LogP contribution >= 0.6 is 0 Å². The second-order valence-electron chi connectivity index (χ2n) is 44.4. The summed E-state index contributed by atoms with van der Waals surface area (Å²) in [6.07, 6.45) is 0. The number of fused-ring (bicyclic) bond motifs is 17. The molecule has 0 unspecified atom stereocenters. The zero-order chi connectivity index (χ0) is 98.8. The van der Waals surface area contributed by atoms with Gasteiger partial charge in [0.25, 0.3) is 0 Å². The highest BCUT2D eigenvalue weighted by molar-refractivity contribution is 6.37. The Morgan fingerprint density at radius 2 is 0.193 bits per heavy atom. The van der Waals surface area contributed by atoms with Crippen LogP contribution in [0.4, 0.5) is 0 Å². The molecule has 0 nitrogen and oxygen atoms in total. The largest absolute Gasteiger partial charge is 0.0505 e. The fourth-order valence-electron chi connectivity index (χ4n) is 29.2. The summed E-state index contributed by atoms with van der Waals surface area (Å²) in [7, 11) is 0. The minimum Gasteiger partial charge on any atom is -0.0505 e. The lowest BCUT2D eigenvalue weighted by atomic mass is 9.77. The van der Waals surface area contributed by atoms with E-state index in [1.807, 2.05) is 0 Å². The van der Waals surface area contributed by atoms with Crippen LogP contribution in [-0.2, 0) is 0 Å². The molecular weight excluding hydrogens is 1620 g/mol. The Morgan fingerprint density at radius 3 is 0.474 bits per heavy atom. The van der Waals surface area contributed by atoms with Crippen LogP contribution in [0.3, 0.4) is 0 Å². The minimum absolute atomic E-state index is 1.40. The predicted octanol–water partition coefficient (Wildman–Crippen LogP) is 39.4. The molecule has 0 saturated heterocycles. The van der Waals surface area contributed by atoms with E-state index in [2.05, 4.69) is 345 Å². The SMILES string of the molecule is Cc1c(C)c(C)c2c(C)c3c(c(C)c2c1C)-c1c(C)c(C)c(C)c2c(C)c(C)c(C)c-3c12.Cc1c(C)c(C)c2c(c1C)-c1c(C)c(C)c3c(C)c(C)c4c(C)c(C)c(C)c5c(C)c-2c1c3c45.Cc1c(C)c2c3c(c(C)c(C)c(C)c3c1C)-c1c-2c(C)c2c(C)c3c(C)c(C)c(C)c(C)c3c(C)c2c1C.Cc1cc2c3c4c(c(C)c(C)c(C)c4c(C)c2c(C)c1C)-c1c(C)c(C)c(C)c(C)c1-3. The van der Waals surface area contributed by atoms with Crippen LogP contribution in [0.15, 0.2) is 6.07 Å². The summed E-state index contributed by atoms with van der Waals surface area (Å²) >= 11 is 0. The first-order valence-corrected chi connectivity index (χ1v) is 50.6. The average Bonchev–Trinajstić information content (AvgIpc) is 1.78. The van der Waals surface area contributed by atoms with Gasteiger partial charge in [-0.15, -0.1) is 0 Å². The van der Waals surface area contributed by atoms with Gasteiger partial charge in [0.2, 0.25) is 0 Å². The van der Waals surface area contributed by atoms with Gasteiger partial charge in [0.05, 0.1) is 0 Å². The molecule has 0 aliphatic heterocycles. The lowest BCUT2D eigenvalue weighted by Crippen LogP contribution is -2.02. The van der Waals surface area contributed by atoms with E-state index < -0.39 is 0 Å². The third-order valence-electron chi connectivity index (χ3n) is 39.8. The highest BCUT2D eigenvalue weighted by Gasteiger charge is 2.41. The van der Waals surface area contributed by atoms with Crippen molar-refractivity contribution >= 4 is 108 Å². The first-order valence-electron chi connectivity index (χ1n) is 50.6. The zero-order valence-electron chi connectivity index (χ0n) is 92.1. The molecular formula is C135H148. The minimum atomic E-state index is 1.40. The second kappa shape index (κ2) is 30.4. The third-order valence-corrected chi connectivity index (χ3v) is 39.8. The molecule has 0 bridgehead atoms. The van der Waals surface area contributed by atoms with Crippen molar-refractivity contribution in [2.24, 2.45) is 0 Å². The normalized spacial score (nSPS) is 12.5. The first kappa shape index (κ1) is 92.9. The third kappa shape index (κ3) is 11.2. The summed E-state index contributed by atoms with van der Waals surface area (Å²) in [5.74, 6) is 0. The highest BCUT2D eigenvalue weighted by atomic mass is 14.4. The maximum absolute atomic E-state index is 2.47. The van der Waals surface area contributed by atoms with Crippen LogP contribution in [0, 0.1) is 339 Å². The summed E-state index contributed by atoms with van der Waals surface area (Å²) in [5.41, 5.74) is 94.9. The molecule has 4 aliphatic carbocycles. The predicted molar refractivity (Wildman–Crippen MR) is 602 cm³/mol. The van der Waals surface area contributed by atoms with E-state index in [9.17, 15) is 0 Å². The molecule has 22 rings (SSSR count). The van der Waals surface area contributed by atoms with Gasteiger partial charge in [0, 0.05) is 0 Å². The standard InChI is InChI=1S/C38H42.C34H36.C32H36.C31H34/c1-15-16(2)20(6)31-26(12)33-28(14)37-35-24(10)18(4)22(8)29-21(7)17(3)23(9)34(38(29)35)36(37)27(13)32(33)25(11)30(31)19(15)5;1-13-14(2)19(7)29-28(18(13)6)30-23(11)22(10)26-21(9)20(8)25-16(4)15(3)17(5)27-24(12)31(29)34(30)33(26)32(25)27;1-13-14(2)18(6)27-24(12)31-29-22(10)16(4)20(8)25-19(7)15(3)21(9)28(32(25)29)30(31)23(11)26(27)17(13)5;1-13-12-24-25(18(6)14(13)2)23(11)26-19(7)17(5)22(10)29-27-20(8)15(3)16(4)21(9)28(27)30(24)31(26)29/h1-14H3;1-12H3;1-12H3;12H,1-11H3. The van der Waals surface area contributed by atoms with Gasteiger partial charge >= 0.3 is 0 Å². The summed E-state index contributed by atoms with van der Waals surface area (Å²) in [6, 6.07) is 2.47. The Morgan fingerprint density at radius 1 is 0.0741 bits per heavy atom. The number of hydrogen-bond donors (Lipinski definition) is 0. The molecule has 0 amide bonds. The van der Waals surface area contributed by atoms with Crippen LogP contribution in [0.2, 0.25) is 0 Å². The molecule has 0 heteroatoms. The Balaban J connectivity index is 0.000000116. The summed E-state index contributed by atoms with van der Waals surface area (Å²) in [4.78, 5) is 0. The van der Waals surface area contributed by atoms with Gasteiger partial charge in [-0.2, -0.15) is 0 Å². The van der Waals surface area contributed by atoms with Gasteiger partial charge in [0.1, 0.15) is 0 Å². The molecule has 4 aliphatic rings. The van der Waals surface area contributed by atoms with Crippen molar-refractivity contribution in [1.29, 1.82) is 0 Å². The van der Waals surface area contributed by atoms with Crippen LogP contribution in [0.5, 0.6) is 0 Å². The Kier molecular flexibility index (Phi) is 20.9. The monoisotopic (exact) mass is 1770 g/mol. The van der Waals surface area contributed by atoms with Gasteiger partial charge in [-0.1, -0.05) is 6.07 Å². The van der Waals surface area contributed by atoms with Crippen LogP contribution in [0.1, 0.15) is 273 Å². The van der Waals surface area contributed by atoms with Gasteiger partial charge in [0.15, 0.2) is 0 Å². The number of benzene rings is 18. The van der Waals surface area contributed by atoms with E-state index in [0.29, 0.717) is 0 Å². The lowest BCUT2D eigenvalue weighted by Gasteiger charge is -2.26. The van der Waals surface area contributed by atoms with E-state index in [-0.39, 0.29) is 0 Å². The smallest absolute Gasteiger partial charge is 0.000781 e. The van der Waals surface area contributed by atoms with Crippen molar-refractivity contribution in [3.8, 4) is 89.0 Å². The molecule has 688 valence electrons. The van der Waals surface area contributed by atoms with Crippen molar-refractivity contribution in [2.45, 2.75) is 339 Å². The van der Waals surface area contributed by atoms with Crippen molar-refractivity contribution in [3.63, 3.8) is 0 Å². The van der Waals surface area contributed by atoms with E-state index >= 15 is 0 Å². The van der Waals surface area contributed by atoms with Gasteiger partial charge in [-0.3, -0.25) is 0 Å². The molecule has 0 saturated carbocycles. The molecule has 135 heavy (non-hydrogen) atoms. The van der Waals surface area contributed by atoms with Crippen LogP contribution < -0.4 is 0 Å². The fraction of sp³-hybridized carbons (Fsp3) is 0.363. The average molecular weight is 1770 g/mol. The molecule has 18 aromatic rings. The maximum Gasteiger partial charge on any atom is -0.000781 e.